The van der Waals surface area contributed by atoms with Crippen molar-refractivity contribution < 1.29 is 28.7 Å². The molecule has 1 aromatic carbocycles. The Morgan fingerprint density at radius 3 is 2.31 bits per heavy atom. The van der Waals surface area contributed by atoms with Gasteiger partial charge < -0.3 is 31.7 Å². The molecule has 0 aliphatic rings. The van der Waals surface area contributed by atoms with Crippen LogP contribution in [0.1, 0.15) is 38.7 Å². The summed E-state index contributed by atoms with van der Waals surface area (Å²) in [4.78, 5) is 51.0. The molecule has 2 rings (SSSR count). The van der Waals surface area contributed by atoms with Crippen LogP contribution in [0.5, 0.6) is 0 Å². The summed E-state index contributed by atoms with van der Waals surface area (Å²) in [6.07, 6.45) is 2.07. The first-order valence-corrected chi connectivity index (χ1v) is 10.5. The van der Waals surface area contributed by atoms with Gasteiger partial charge in [-0.3, -0.25) is 4.79 Å². The van der Waals surface area contributed by atoms with E-state index in [1.807, 2.05) is 31.2 Å². The van der Waals surface area contributed by atoms with Crippen molar-refractivity contribution in [2.45, 2.75) is 57.7 Å². The number of benzene rings is 1. The second-order valence-electron chi connectivity index (χ2n) is 7.76. The Morgan fingerprint density at radius 1 is 0.969 bits per heavy atom. The highest BCUT2D eigenvalue weighted by molar-refractivity contribution is 5.92. The molecule has 1 aromatic heterocycles. The maximum atomic E-state index is 12.2. The number of aromatic nitrogens is 1. The minimum atomic E-state index is -1.26. The molecular weight excluding hydrogens is 416 g/mol. The fourth-order valence-electron chi connectivity index (χ4n) is 2.98. The van der Waals surface area contributed by atoms with Crippen molar-refractivity contribution in [1.29, 1.82) is 0 Å². The quantitative estimate of drug-likeness (QED) is 0.301. The van der Waals surface area contributed by atoms with Gasteiger partial charge in [0.25, 0.3) is 0 Å². The van der Waals surface area contributed by atoms with E-state index >= 15 is 0 Å². The summed E-state index contributed by atoms with van der Waals surface area (Å²) in [5.74, 6) is -3.78. The molecule has 0 saturated carbocycles. The monoisotopic (exact) mass is 446 g/mol. The first-order valence-electron chi connectivity index (χ1n) is 10.5. The van der Waals surface area contributed by atoms with Gasteiger partial charge in [-0.05, 0) is 24.0 Å². The van der Waals surface area contributed by atoms with Crippen molar-refractivity contribution in [2.24, 2.45) is 23.1 Å². The number of ether oxygens (including phenoxy) is 2. The molecule has 1 heterocycles. The Hall–Kier alpha value is -3.08. The standard InChI is InChI=1S/C22H30N4O6/c1-3-12(2)19(25)22(30)31-18(27)9-8-15(23)20(28)32-21(29)16(24)10-13-11-26-17-7-5-4-6-14(13)17/h4-7,11-12,15-16,19,26H,3,8-10,23-25H2,1-2H3/t12-,15-,16-,19-/m0/s1. The summed E-state index contributed by atoms with van der Waals surface area (Å²) in [5.41, 5.74) is 19.0. The third-order valence-corrected chi connectivity index (χ3v) is 5.32. The number of para-hydroxylation sites is 1. The number of rotatable bonds is 10. The van der Waals surface area contributed by atoms with Crippen molar-refractivity contribution in [2.75, 3.05) is 0 Å². The summed E-state index contributed by atoms with van der Waals surface area (Å²) < 4.78 is 9.43. The molecule has 0 radical (unpaired) electrons. The van der Waals surface area contributed by atoms with Gasteiger partial charge in [0.05, 0.1) is 0 Å². The summed E-state index contributed by atoms with van der Waals surface area (Å²) in [7, 11) is 0. The molecule has 0 fully saturated rings. The summed E-state index contributed by atoms with van der Waals surface area (Å²) in [6.45, 7) is 3.63. The molecule has 0 unspecified atom stereocenters. The lowest BCUT2D eigenvalue weighted by Crippen LogP contribution is -2.41. The highest BCUT2D eigenvalue weighted by atomic mass is 16.6. The van der Waals surface area contributed by atoms with E-state index in [4.69, 9.17) is 21.9 Å². The van der Waals surface area contributed by atoms with Crippen molar-refractivity contribution in [3.8, 4) is 0 Å². The van der Waals surface area contributed by atoms with E-state index in [1.54, 1.807) is 13.1 Å². The fourth-order valence-corrected chi connectivity index (χ4v) is 2.98. The smallest absolute Gasteiger partial charge is 0.330 e. The number of hydrogen-bond donors (Lipinski definition) is 4. The molecule has 10 nitrogen and oxygen atoms in total. The number of aromatic amines is 1. The van der Waals surface area contributed by atoms with Crippen molar-refractivity contribution in [1.82, 2.24) is 4.98 Å². The largest absolute Gasteiger partial charge is 0.392 e. The highest BCUT2D eigenvalue weighted by Crippen LogP contribution is 2.19. The van der Waals surface area contributed by atoms with Crippen LogP contribution in [0.15, 0.2) is 30.5 Å². The Labute approximate surface area is 185 Å². The minimum absolute atomic E-state index is 0.146. The number of fused-ring (bicyclic) bond motifs is 1. The van der Waals surface area contributed by atoms with Crippen LogP contribution in [-0.4, -0.2) is 47.0 Å². The van der Waals surface area contributed by atoms with Gasteiger partial charge in [0.2, 0.25) is 0 Å². The van der Waals surface area contributed by atoms with Crippen molar-refractivity contribution >= 4 is 34.8 Å². The van der Waals surface area contributed by atoms with Gasteiger partial charge in [0, 0.05) is 29.9 Å². The predicted molar refractivity (Wildman–Crippen MR) is 117 cm³/mol. The Bertz CT molecular complexity index is 972. The van der Waals surface area contributed by atoms with Gasteiger partial charge in [0.15, 0.2) is 0 Å². The molecule has 10 heteroatoms. The summed E-state index contributed by atoms with van der Waals surface area (Å²) in [6, 6.07) is 4.27. The van der Waals surface area contributed by atoms with Crippen LogP contribution in [-0.2, 0) is 35.1 Å². The van der Waals surface area contributed by atoms with E-state index in [2.05, 4.69) is 9.72 Å². The average molecular weight is 447 g/mol. The first kappa shape index (κ1) is 25.2. The Kier molecular flexibility index (Phi) is 9.06. The second kappa shape index (κ2) is 11.5. The number of nitrogens with one attached hydrogen (secondary N) is 1. The first-order chi connectivity index (χ1) is 15.1. The normalized spacial score (nSPS) is 14.9. The van der Waals surface area contributed by atoms with E-state index in [0.29, 0.717) is 6.42 Å². The zero-order chi connectivity index (χ0) is 23.8. The third-order valence-electron chi connectivity index (χ3n) is 5.32. The van der Waals surface area contributed by atoms with Crippen LogP contribution >= 0.6 is 0 Å². The lowest BCUT2D eigenvalue weighted by molar-refractivity contribution is -0.161. The number of esters is 4. The van der Waals surface area contributed by atoms with Crippen LogP contribution in [0.4, 0.5) is 0 Å². The van der Waals surface area contributed by atoms with Gasteiger partial charge in [-0.25, -0.2) is 14.4 Å². The number of H-pyrrole nitrogens is 1. The molecular formula is C22H30N4O6. The number of carbonyl (C=O) groups is 4. The summed E-state index contributed by atoms with van der Waals surface area (Å²) in [5, 5.41) is 0.917. The topological polar surface area (TPSA) is 181 Å². The van der Waals surface area contributed by atoms with Gasteiger partial charge in [-0.15, -0.1) is 0 Å². The van der Waals surface area contributed by atoms with E-state index in [0.717, 1.165) is 16.5 Å². The molecule has 0 aliphatic heterocycles. The number of carbonyl (C=O) groups excluding carboxylic acids is 4. The maximum Gasteiger partial charge on any atom is 0.330 e. The van der Waals surface area contributed by atoms with Crippen LogP contribution in [0, 0.1) is 5.92 Å². The van der Waals surface area contributed by atoms with Gasteiger partial charge in [-0.1, -0.05) is 38.5 Å². The molecule has 2 aromatic rings. The van der Waals surface area contributed by atoms with Gasteiger partial charge in [0.1, 0.15) is 18.1 Å². The van der Waals surface area contributed by atoms with Crippen LogP contribution in [0.2, 0.25) is 0 Å². The predicted octanol–water partition coefficient (Wildman–Crippen LogP) is 0.658. The van der Waals surface area contributed by atoms with E-state index in [1.165, 1.54) is 0 Å². The van der Waals surface area contributed by atoms with Crippen molar-refractivity contribution in [3.63, 3.8) is 0 Å². The molecule has 0 spiro atoms. The second-order valence-corrected chi connectivity index (χ2v) is 7.76. The maximum absolute atomic E-state index is 12.2. The molecule has 0 aliphatic carbocycles. The lowest BCUT2D eigenvalue weighted by atomic mass is 10.0. The van der Waals surface area contributed by atoms with E-state index in [-0.39, 0.29) is 25.2 Å². The Morgan fingerprint density at radius 2 is 1.62 bits per heavy atom. The van der Waals surface area contributed by atoms with E-state index in [9.17, 15) is 19.2 Å². The fraction of sp³-hybridized carbons (Fsp3) is 0.455. The average Bonchev–Trinajstić information content (AvgIpc) is 3.18. The van der Waals surface area contributed by atoms with E-state index < -0.39 is 42.0 Å². The third kappa shape index (κ3) is 6.71. The summed E-state index contributed by atoms with van der Waals surface area (Å²) >= 11 is 0. The lowest BCUT2D eigenvalue weighted by Gasteiger charge is -2.16. The van der Waals surface area contributed by atoms with Gasteiger partial charge >= 0.3 is 23.9 Å². The zero-order valence-corrected chi connectivity index (χ0v) is 18.2. The molecule has 0 bridgehead atoms. The van der Waals surface area contributed by atoms with Crippen LogP contribution in [0.3, 0.4) is 0 Å². The molecule has 7 N–H and O–H groups in total. The number of hydrogen-bond acceptors (Lipinski definition) is 9. The molecule has 0 saturated heterocycles. The van der Waals surface area contributed by atoms with Crippen LogP contribution < -0.4 is 17.2 Å². The highest BCUT2D eigenvalue weighted by Gasteiger charge is 2.27. The molecule has 174 valence electrons. The molecule has 0 amide bonds. The molecule has 32 heavy (non-hydrogen) atoms. The number of nitrogens with two attached hydrogens (primary N) is 3. The molecule has 4 atom stereocenters. The van der Waals surface area contributed by atoms with Crippen molar-refractivity contribution in [3.05, 3.63) is 36.0 Å². The van der Waals surface area contributed by atoms with Crippen LogP contribution in [0.25, 0.3) is 10.9 Å². The minimum Gasteiger partial charge on any atom is -0.392 e. The zero-order valence-electron chi connectivity index (χ0n) is 18.2. The Balaban J connectivity index is 1.79. The van der Waals surface area contributed by atoms with Gasteiger partial charge in [-0.2, -0.15) is 0 Å². The SMILES string of the molecule is CC[C@H](C)[C@H](N)C(=O)OC(=O)CC[C@H](N)C(=O)OC(=O)[C@@H](N)Cc1c[nH]c2ccccc12.